The van der Waals surface area contributed by atoms with Crippen LogP contribution < -0.4 is 10.6 Å². The number of nitro benzene ring substituents is 1. The maximum Gasteiger partial charge on any atom is 0.273 e. The maximum atomic E-state index is 11.0. The van der Waals surface area contributed by atoms with Crippen LogP contribution in [0, 0.1) is 10.1 Å². The van der Waals surface area contributed by atoms with E-state index in [1.54, 1.807) is 12.1 Å². The van der Waals surface area contributed by atoms with Crippen LogP contribution in [0.25, 0.3) is 0 Å². The minimum absolute atomic E-state index is 0.125. The topological polar surface area (TPSA) is 70.4 Å². The highest BCUT2D eigenvalue weighted by Gasteiger charge is 2.12. The number of rotatable bonds is 8. The molecule has 2 N–H and O–H groups in total. The lowest BCUT2D eigenvalue weighted by molar-refractivity contribution is -0.384. The van der Waals surface area contributed by atoms with E-state index in [0.717, 1.165) is 37.4 Å². The molecule has 1 fully saturated rings. The van der Waals surface area contributed by atoms with Gasteiger partial charge in [0.1, 0.15) is 0 Å². The highest BCUT2D eigenvalue weighted by Crippen LogP contribution is 2.24. The Kier molecular flexibility index (Phi) is 5.80. The van der Waals surface area contributed by atoms with Gasteiger partial charge in [0.25, 0.3) is 5.69 Å². The molecular weight excluding hydrogens is 268 g/mol. The zero-order valence-electron chi connectivity index (χ0n) is 12.6. The largest absolute Gasteiger partial charge is 0.385 e. The van der Waals surface area contributed by atoms with Gasteiger partial charge in [-0.3, -0.25) is 10.1 Å². The second-order valence-corrected chi connectivity index (χ2v) is 5.43. The lowest BCUT2D eigenvalue weighted by atomic mass is 10.2. The molecule has 1 aliphatic heterocycles. The molecule has 1 heterocycles. The van der Waals surface area contributed by atoms with Crippen LogP contribution in [0.3, 0.4) is 0 Å². The Hall–Kier alpha value is -1.82. The molecule has 6 heteroatoms. The summed E-state index contributed by atoms with van der Waals surface area (Å²) in [4.78, 5) is 13.1. The van der Waals surface area contributed by atoms with Crippen molar-refractivity contribution in [2.24, 2.45) is 0 Å². The van der Waals surface area contributed by atoms with Gasteiger partial charge < -0.3 is 15.5 Å². The summed E-state index contributed by atoms with van der Waals surface area (Å²) < 4.78 is 0. The second-order valence-electron chi connectivity index (χ2n) is 5.43. The molecule has 2 rings (SSSR count). The molecule has 1 aromatic rings. The quantitative estimate of drug-likeness (QED) is 0.569. The molecule has 0 aromatic heterocycles. The van der Waals surface area contributed by atoms with Crippen molar-refractivity contribution in [2.75, 3.05) is 43.4 Å². The summed E-state index contributed by atoms with van der Waals surface area (Å²) in [5.74, 6) is 0. The zero-order valence-corrected chi connectivity index (χ0v) is 12.6. The molecule has 1 aromatic carbocycles. The molecule has 6 nitrogen and oxygen atoms in total. The van der Waals surface area contributed by atoms with Gasteiger partial charge in [0.05, 0.1) is 4.92 Å². The molecule has 116 valence electrons. The molecule has 0 radical (unpaired) electrons. The summed E-state index contributed by atoms with van der Waals surface area (Å²) in [5.41, 5.74) is 1.73. The summed E-state index contributed by atoms with van der Waals surface area (Å²) >= 11 is 0. The molecule has 0 spiro atoms. The fourth-order valence-electron chi connectivity index (χ4n) is 2.55. The average Bonchev–Trinajstić information content (AvgIpc) is 2.98. The van der Waals surface area contributed by atoms with E-state index < -0.39 is 0 Å². The minimum Gasteiger partial charge on any atom is -0.385 e. The number of likely N-dealkylation sites (tertiary alicyclic amines) is 1. The van der Waals surface area contributed by atoms with Gasteiger partial charge >= 0.3 is 0 Å². The van der Waals surface area contributed by atoms with Crippen LogP contribution >= 0.6 is 0 Å². The molecule has 0 saturated carbocycles. The third-order valence-corrected chi connectivity index (χ3v) is 3.66. The van der Waals surface area contributed by atoms with E-state index in [0.29, 0.717) is 0 Å². The van der Waals surface area contributed by atoms with Crippen molar-refractivity contribution < 1.29 is 4.92 Å². The van der Waals surface area contributed by atoms with E-state index in [9.17, 15) is 10.1 Å². The molecule has 0 unspecified atom stereocenters. The Balaban J connectivity index is 1.95. The van der Waals surface area contributed by atoms with Crippen LogP contribution in [0.5, 0.6) is 0 Å². The normalized spacial score (nSPS) is 15.1. The van der Waals surface area contributed by atoms with E-state index in [1.165, 1.54) is 25.9 Å². The lowest BCUT2D eigenvalue weighted by Crippen LogP contribution is -2.25. The minimum atomic E-state index is -0.344. The number of benzene rings is 1. The van der Waals surface area contributed by atoms with E-state index in [4.69, 9.17) is 0 Å². The van der Waals surface area contributed by atoms with Crippen LogP contribution in [0.1, 0.15) is 26.2 Å². The van der Waals surface area contributed by atoms with Crippen molar-refractivity contribution in [1.82, 2.24) is 4.90 Å². The fraction of sp³-hybridized carbons (Fsp3) is 0.600. The first-order chi connectivity index (χ1) is 10.2. The Bertz CT molecular complexity index is 473. The van der Waals surface area contributed by atoms with Gasteiger partial charge in [-0.15, -0.1) is 0 Å². The summed E-state index contributed by atoms with van der Waals surface area (Å²) in [6.45, 7) is 7.02. The van der Waals surface area contributed by atoms with E-state index in [-0.39, 0.29) is 10.6 Å². The Morgan fingerprint density at radius 2 is 1.76 bits per heavy atom. The smallest absolute Gasteiger partial charge is 0.273 e. The third-order valence-electron chi connectivity index (χ3n) is 3.66. The predicted molar refractivity (Wildman–Crippen MR) is 86.0 cm³/mol. The summed E-state index contributed by atoms with van der Waals surface area (Å²) in [7, 11) is 0. The average molecular weight is 292 g/mol. The highest BCUT2D eigenvalue weighted by molar-refractivity contribution is 5.63. The highest BCUT2D eigenvalue weighted by atomic mass is 16.6. The Labute approximate surface area is 125 Å². The van der Waals surface area contributed by atoms with E-state index in [1.807, 2.05) is 6.07 Å². The number of non-ortho nitro benzene ring substituents is 1. The summed E-state index contributed by atoms with van der Waals surface area (Å²) in [5, 5.41) is 17.5. The number of nitro groups is 1. The summed E-state index contributed by atoms with van der Waals surface area (Å²) in [6.07, 6.45) is 3.55. The molecular formula is C15H24N4O2. The van der Waals surface area contributed by atoms with Crippen LogP contribution in [0.4, 0.5) is 17.1 Å². The van der Waals surface area contributed by atoms with E-state index in [2.05, 4.69) is 22.5 Å². The number of nitrogens with one attached hydrogen (secondary N) is 2. The van der Waals surface area contributed by atoms with E-state index >= 15 is 0 Å². The van der Waals surface area contributed by atoms with Gasteiger partial charge in [-0.05, 0) is 38.4 Å². The first kappa shape index (κ1) is 15.6. The van der Waals surface area contributed by atoms with Crippen molar-refractivity contribution in [3.63, 3.8) is 0 Å². The second kappa shape index (κ2) is 7.83. The molecule has 1 aliphatic rings. The lowest BCUT2D eigenvalue weighted by Gasteiger charge is -2.16. The molecule has 0 amide bonds. The van der Waals surface area contributed by atoms with Crippen molar-refractivity contribution in [1.29, 1.82) is 0 Å². The molecule has 1 saturated heterocycles. The van der Waals surface area contributed by atoms with Crippen LogP contribution in [0.15, 0.2) is 18.2 Å². The number of hydrogen-bond donors (Lipinski definition) is 2. The number of hydrogen-bond acceptors (Lipinski definition) is 5. The molecule has 0 bridgehead atoms. The molecule has 0 aliphatic carbocycles. The van der Waals surface area contributed by atoms with Crippen LogP contribution in [0.2, 0.25) is 0 Å². The summed E-state index contributed by atoms with van der Waals surface area (Å²) in [6, 6.07) is 5.12. The molecule has 21 heavy (non-hydrogen) atoms. The predicted octanol–water partition coefficient (Wildman–Crippen LogP) is 2.92. The number of anilines is 2. The fourth-order valence-corrected chi connectivity index (χ4v) is 2.55. The monoisotopic (exact) mass is 292 g/mol. The SMILES string of the molecule is CCCNc1cc(NCCN2CCCC2)cc([N+](=O)[O-])c1. The van der Waals surface area contributed by atoms with Crippen molar-refractivity contribution in [3.8, 4) is 0 Å². The van der Waals surface area contributed by atoms with Gasteiger partial charge in [-0.25, -0.2) is 0 Å². The van der Waals surface area contributed by atoms with Gasteiger partial charge in [-0.2, -0.15) is 0 Å². The number of nitrogens with zero attached hydrogens (tertiary/aromatic N) is 2. The molecule has 0 atom stereocenters. The first-order valence-corrected chi connectivity index (χ1v) is 7.68. The Morgan fingerprint density at radius 3 is 2.33 bits per heavy atom. The van der Waals surface area contributed by atoms with Crippen molar-refractivity contribution >= 4 is 17.1 Å². The van der Waals surface area contributed by atoms with Crippen molar-refractivity contribution in [2.45, 2.75) is 26.2 Å². The van der Waals surface area contributed by atoms with Crippen LogP contribution in [-0.2, 0) is 0 Å². The zero-order chi connectivity index (χ0) is 15.1. The van der Waals surface area contributed by atoms with Gasteiger partial charge in [0, 0.05) is 43.1 Å². The van der Waals surface area contributed by atoms with Crippen LogP contribution in [-0.4, -0.2) is 42.5 Å². The van der Waals surface area contributed by atoms with Gasteiger partial charge in [0.15, 0.2) is 0 Å². The Morgan fingerprint density at radius 1 is 1.14 bits per heavy atom. The third kappa shape index (κ3) is 4.90. The first-order valence-electron chi connectivity index (χ1n) is 7.68. The van der Waals surface area contributed by atoms with Crippen molar-refractivity contribution in [3.05, 3.63) is 28.3 Å². The van der Waals surface area contributed by atoms with Gasteiger partial charge in [0.2, 0.25) is 0 Å². The standard InChI is InChI=1S/C15H24N4O2/c1-2-5-16-13-10-14(12-15(11-13)19(20)21)17-6-9-18-7-3-4-8-18/h10-12,16-17H,2-9H2,1H3. The maximum absolute atomic E-state index is 11.0. The van der Waals surface area contributed by atoms with Gasteiger partial charge in [-0.1, -0.05) is 6.92 Å².